The number of benzene rings is 1. The third-order valence-corrected chi connectivity index (χ3v) is 4.82. The molecule has 0 unspecified atom stereocenters. The highest BCUT2D eigenvalue weighted by Gasteiger charge is 2.10. The molecule has 0 heterocycles. The van der Waals surface area contributed by atoms with Crippen LogP contribution in [0.3, 0.4) is 0 Å². The van der Waals surface area contributed by atoms with Crippen molar-refractivity contribution in [2.45, 2.75) is 90.9 Å². The SMILES string of the molecule is CCCCCCCCOC(=O)c1ccc(C(=O)OCCCCCCCC)cc1.CS(C)=O. The summed E-state index contributed by atoms with van der Waals surface area (Å²) in [6.07, 6.45) is 17.2. The lowest BCUT2D eigenvalue weighted by molar-refractivity contribution is 0.0483. The Kier molecular flexibility index (Phi) is 20.1. The number of hydrogen-bond acceptors (Lipinski definition) is 5. The first-order valence-electron chi connectivity index (χ1n) is 12.1. The van der Waals surface area contributed by atoms with Crippen LogP contribution in [0.5, 0.6) is 0 Å². The monoisotopic (exact) mass is 468 g/mol. The van der Waals surface area contributed by atoms with Crippen molar-refractivity contribution < 1.29 is 23.3 Å². The molecule has 1 rings (SSSR count). The second kappa shape index (κ2) is 21.2. The molecule has 0 saturated heterocycles. The average molecular weight is 469 g/mol. The molecule has 0 aliphatic carbocycles. The molecule has 1 aromatic carbocycles. The standard InChI is InChI=1S/C24H38O4.C2H6OS/c1-3-5-7-9-11-13-19-27-23(25)21-15-17-22(18-16-21)24(26)28-20-14-12-10-8-6-4-2;1-4(2)3/h15-18H,3-14,19-20H2,1-2H3;1-2H3. The van der Waals surface area contributed by atoms with Crippen molar-refractivity contribution in [1.82, 2.24) is 0 Å². The molecular formula is C26H44O5S. The largest absolute Gasteiger partial charge is 0.462 e. The van der Waals surface area contributed by atoms with Crippen LogP contribution in [0, 0.1) is 0 Å². The van der Waals surface area contributed by atoms with Crippen molar-refractivity contribution in [3.05, 3.63) is 35.4 Å². The predicted octanol–water partition coefficient (Wildman–Crippen LogP) is 6.72. The molecule has 0 aliphatic rings. The van der Waals surface area contributed by atoms with Crippen molar-refractivity contribution in [3.63, 3.8) is 0 Å². The van der Waals surface area contributed by atoms with Crippen LogP contribution in [-0.4, -0.2) is 41.9 Å². The van der Waals surface area contributed by atoms with E-state index in [2.05, 4.69) is 13.8 Å². The zero-order valence-corrected chi connectivity index (χ0v) is 21.5. The van der Waals surface area contributed by atoms with Crippen LogP contribution in [0.4, 0.5) is 0 Å². The van der Waals surface area contributed by atoms with Gasteiger partial charge >= 0.3 is 11.9 Å². The smallest absolute Gasteiger partial charge is 0.338 e. The molecule has 0 spiro atoms. The lowest BCUT2D eigenvalue weighted by Crippen LogP contribution is -2.09. The van der Waals surface area contributed by atoms with Crippen molar-refractivity contribution in [2.75, 3.05) is 25.7 Å². The molecule has 0 amide bonds. The van der Waals surface area contributed by atoms with Gasteiger partial charge in [0.05, 0.1) is 24.3 Å². The summed E-state index contributed by atoms with van der Waals surface area (Å²) in [5.41, 5.74) is 0.942. The van der Waals surface area contributed by atoms with Crippen LogP contribution in [0.2, 0.25) is 0 Å². The van der Waals surface area contributed by atoms with E-state index in [1.165, 1.54) is 51.4 Å². The number of carbonyl (C=O) groups excluding carboxylic acids is 2. The molecule has 0 aliphatic heterocycles. The fourth-order valence-electron chi connectivity index (χ4n) is 3.00. The minimum atomic E-state index is -0.611. The Morgan fingerprint density at radius 3 is 1.22 bits per heavy atom. The van der Waals surface area contributed by atoms with Crippen molar-refractivity contribution in [3.8, 4) is 0 Å². The number of unbranched alkanes of at least 4 members (excludes halogenated alkanes) is 10. The van der Waals surface area contributed by atoms with Gasteiger partial charge in [-0.05, 0) is 37.1 Å². The van der Waals surface area contributed by atoms with Gasteiger partial charge in [-0.1, -0.05) is 78.1 Å². The molecule has 0 bridgehead atoms. The van der Waals surface area contributed by atoms with Gasteiger partial charge in [0.1, 0.15) is 0 Å². The van der Waals surface area contributed by atoms with E-state index in [1.807, 2.05) is 0 Å². The second-order valence-electron chi connectivity index (χ2n) is 8.13. The van der Waals surface area contributed by atoms with E-state index in [4.69, 9.17) is 9.47 Å². The average Bonchev–Trinajstić information content (AvgIpc) is 2.77. The molecule has 0 atom stereocenters. The molecular weight excluding hydrogens is 424 g/mol. The first kappa shape index (κ1) is 30.3. The molecule has 6 heteroatoms. The Morgan fingerprint density at radius 2 is 0.906 bits per heavy atom. The third kappa shape index (κ3) is 17.9. The van der Waals surface area contributed by atoms with E-state index in [0.717, 1.165) is 25.7 Å². The maximum atomic E-state index is 12.0. The van der Waals surface area contributed by atoms with Crippen LogP contribution in [0.25, 0.3) is 0 Å². The summed E-state index contributed by atoms with van der Waals surface area (Å²) in [5, 5.41) is 0. The first-order chi connectivity index (χ1) is 15.4. The maximum Gasteiger partial charge on any atom is 0.338 e. The van der Waals surface area contributed by atoms with E-state index < -0.39 is 10.8 Å². The van der Waals surface area contributed by atoms with E-state index in [9.17, 15) is 13.8 Å². The summed E-state index contributed by atoms with van der Waals surface area (Å²) in [5.74, 6) is -0.666. The Morgan fingerprint density at radius 1 is 0.625 bits per heavy atom. The molecule has 32 heavy (non-hydrogen) atoms. The van der Waals surface area contributed by atoms with Crippen LogP contribution in [0.1, 0.15) is 112 Å². The highest BCUT2D eigenvalue weighted by molar-refractivity contribution is 7.83. The third-order valence-electron chi connectivity index (χ3n) is 4.82. The van der Waals surface area contributed by atoms with Gasteiger partial charge in [-0.3, -0.25) is 4.21 Å². The zero-order valence-electron chi connectivity index (χ0n) is 20.7. The van der Waals surface area contributed by atoms with E-state index >= 15 is 0 Å². The van der Waals surface area contributed by atoms with Crippen LogP contribution in [0.15, 0.2) is 24.3 Å². The van der Waals surface area contributed by atoms with Crippen LogP contribution >= 0.6 is 0 Å². The van der Waals surface area contributed by atoms with Crippen molar-refractivity contribution in [1.29, 1.82) is 0 Å². The highest BCUT2D eigenvalue weighted by atomic mass is 32.2. The number of hydrogen-bond donors (Lipinski definition) is 0. The van der Waals surface area contributed by atoms with E-state index in [0.29, 0.717) is 24.3 Å². The molecule has 0 radical (unpaired) electrons. The van der Waals surface area contributed by atoms with Gasteiger partial charge in [0, 0.05) is 23.3 Å². The zero-order chi connectivity index (χ0) is 24.0. The van der Waals surface area contributed by atoms with Gasteiger partial charge in [-0.25, -0.2) is 9.59 Å². The van der Waals surface area contributed by atoms with Gasteiger partial charge in [0.2, 0.25) is 0 Å². The molecule has 5 nitrogen and oxygen atoms in total. The summed E-state index contributed by atoms with van der Waals surface area (Å²) in [6, 6.07) is 6.52. The van der Waals surface area contributed by atoms with Crippen molar-refractivity contribution in [2.24, 2.45) is 0 Å². The molecule has 1 aromatic rings. The number of esters is 2. The molecule has 0 saturated carbocycles. The minimum absolute atomic E-state index is 0.333. The van der Waals surface area contributed by atoms with E-state index in [-0.39, 0.29) is 11.9 Å². The minimum Gasteiger partial charge on any atom is -0.462 e. The Labute approximate surface area is 198 Å². The lowest BCUT2D eigenvalue weighted by atomic mass is 10.1. The van der Waals surface area contributed by atoms with Gasteiger partial charge in [0.25, 0.3) is 0 Å². The van der Waals surface area contributed by atoms with Gasteiger partial charge in [-0.15, -0.1) is 0 Å². The Bertz CT molecular complexity index is 575. The first-order valence-corrected chi connectivity index (χ1v) is 14.1. The van der Waals surface area contributed by atoms with Crippen molar-refractivity contribution >= 4 is 22.7 Å². The fraction of sp³-hybridized carbons (Fsp3) is 0.692. The van der Waals surface area contributed by atoms with Gasteiger partial charge in [-0.2, -0.15) is 0 Å². The lowest BCUT2D eigenvalue weighted by Gasteiger charge is -2.07. The van der Waals surface area contributed by atoms with Gasteiger partial charge < -0.3 is 9.47 Å². The summed E-state index contributed by atoms with van der Waals surface area (Å²) < 4.78 is 20.2. The highest BCUT2D eigenvalue weighted by Crippen LogP contribution is 2.10. The van der Waals surface area contributed by atoms with Crippen LogP contribution < -0.4 is 0 Å². The van der Waals surface area contributed by atoms with Gasteiger partial charge in [0.15, 0.2) is 0 Å². The quantitative estimate of drug-likeness (QED) is 0.199. The Balaban J connectivity index is 0.00000220. The summed E-state index contributed by atoms with van der Waals surface area (Å²) in [6.45, 7) is 5.30. The molecule has 184 valence electrons. The number of carbonyl (C=O) groups is 2. The maximum absolute atomic E-state index is 12.0. The predicted molar refractivity (Wildman–Crippen MR) is 134 cm³/mol. The number of ether oxygens (including phenoxy) is 2. The Hall–Kier alpha value is -1.69. The second-order valence-corrected chi connectivity index (χ2v) is 9.61. The summed E-state index contributed by atoms with van der Waals surface area (Å²) in [7, 11) is -0.611. The van der Waals surface area contributed by atoms with E-state index in [1.54, 1.807) is 36.8 Å². The topological polar surface area (TPSA) is 69.7 Å². The normalized spacial score (nSPS) is 10.4. The fourth-order valence-corrected chi connectivity index (χ4v) is 3.00. The summed E-state index contributed by atoms with van der Waals surface area (Å²) >= 11 is 0. The molecule has 0 fully saturated rings. The summed E-state index contributed by atoms with van der Waals surface area (Å²) in [4.78, 5) is 24.1. The number of rotatable bonds is 16. The molecule has 0 aromatic heterocycles. The van der Waals surface area contributed by atoms with Crippen LogP contribution in [-0.2, 0) is 20.3 Å². The molecule has 0 N–H and O–H groups in total.